The maximum Gasteiger partial charge on any atom is 0.163 e. The first kappa shape index (κ1) is 13.0. The summed E-state index contributed by atoms with van der Waals surface area (Å²) < 4.78 is 7.01. The number of aromatic nitrogens is 2. The first-order valence-corrected chi connectivity index (χ1v) is 8.49. The molecule has 1 rings (SSSR count). The van der Waals surface area contributed by atoms with Crippen molar-refractivity contribution in [2.45, 2.75) is 13.5 Å². The van der Waals surface area contributed by atoms with E-state index >= 15 is 0 Å². The zero-order chi connectivity index (χ0) is 11.3. The minimum atomic E-state index is 0.0160. The van der Waals surface area contributed by atoms with Gasteiger partial charge in [-0.05, 0) is 29.0 Å². The smallest absolute Gasteiger partial charge is 0.163 e. The van der Waals surface area contributed by atoms with Crippen LogP contribution in [0.5, 0.6) is 0 Å². The fourth-order valence-electron chi connectivity index (χ4n) is 1.11. The van der Waals surface area contributed by atoms with E-state index in [0.717, 1.165) is 0 Å². The molecule has 0 saturated heterocycles. The van der Waals surface area contributed by atoms with Gasteiger partial charge < -0.3 is 10.5 Å². The molecule has 5 nitrogen and oxygen atoms in total. The van der Waals surface area contributed by atoms with E-state index in [2.05, 4.69) is 27.1 Å². The Morgan fingerprint density at radius 3 is 3.07 bits per heavy atom. The maximum absolute atomic E-state index is 11.3. The maximum atomic E-state index is 11.3. The molecular formula is C8H13IN3O2P. The second kappa shape index (κ2) is 6.52. The molecule has 0 saturated carbocycles. The molecule has 0 aliphatic heterocycles. The molecular weight excluding hydrogens is 328 g/mol. The van der Waals surface area contributed by atoms with Gasteiger partial charge in [0.1, 0.15) is 0 Å². The number of nitrogens with zero attached hydrogens (tertiary/aromatic N) is 2. The lowest BCUT2D eigenvalue weighted by molar-refractivity contribution is 0.0999. The lowest BCUT2D eigenvalue weighted by atomic mass is 10.2. The first-order valence-electron chi connectivity index (χ1n) is 4.43. The van der Waals surface area contributed by atoms with Crippen LogP contribution >= 0.6 is 28.4 Å². The molecule has 0 spiro atoms. The lowest BCUT2D eigenvalue weighted by Gasteiger charge is -2.00. The van der Waals surface area contributed by atoms with Crippen molar-refractivity contribution < 1.29 is 9.53 Å². The number of carbonyl (C=O) groups is 1. The third kappa shape index (κ3) is 3.79. The van der Waals surface area contributed by atoms with Crippen LogP contribution < -0.4 is 5.73 Å². The zero-order valence-corrected chi connectivity index (χ0v) is 11.5. The molecule has 0 aromatic carbocycles. The summed E-state index contributed by atoms with van der Waals surface area (Å²) in [6.07, 6.45) is 2.25. The predicted octanol–water partition coefficient (Wildman–Crippen LogP) is 1.35. The van der Waals surface area contributed by atoms with E-state index in [1.807, 2.05) is 0 Å². The van der Waals surface area contributed by atoms with E-state index in [4.69, 9.17) is 10.5 Å². The van der Waals surface area contributed by atoms with Crippen LogP contribution in [0.25, 0.3) is 0 Å². The normalized spacial score (nSPS) is 11.4. The fourth-order valence-corrected chi connectivity index (χ4v) is 2.18. The molecule has 7 heteroatoms. The summed E-state index contributed by atoms with van der Waals surface area (Å²) >= 11 is 2.21. The van der Waals surface area contributed by atoms with Gasteiger partial charge in [0.2, 0.25) is 0 Å². The molecule has 0 amide bonds. The zero-order valence-electron chi connectivity index (χ0n) is 8.36. The molecule has 1 unspecified atom stereocenters. The average Bonchev–Trinajstić information content (AvgIpc) is 2.62. The summed E-state index contributed by atoms with van der Waals surface area (Å²) in [4.78, 5) is 11.3. The van der Waals surface area contributed by atoms with Crippen LogP contribution in [0.15, 0.2) is 6.20 Å². The van der Waals surface area contributed by atoms with Gasteiger partial charge in [-0.25, -0.2) is 4.45 Å². The molecule has 1 heterocycles. The van der Waals surface area contributed by atoms with Crippen molar-refractivity contribution in [2.75, 3.05) is 13.2 Å². The van der Waals surface area contributed by atoms with E-state index in [1.165, 1.54) is 6.92 Å². The molecule has 1 aromatic heterocycles. The molecule has 0 fully saturated rings. The molecule has 2 N–H and O–H groups in total. The number of Topliss-reactive ketones (excluding diaryl/α,β-unsaturated/α-hetero) is 1. The van der Waals surface area contributed by atoms with Gasteiger partial charge in [-0.1, -0.05) is 0 Å². The summed E-state index contributed by atoms with van der Waals surface area (Å²) in [7, 11) is 0. The van der Waals surface area contributed by atoms with Crippen LogP contribution in [0.3, 0.4) is 0 Å². The number of hydrogen-bond acceptors (Lipinski definition) is 4. The Labute approximate surface area is 103 Å². The van der Waals surface area contributed by atoms with E-state index in [9.17, 15) is 4.79 Å². The van der Waals surface area contributed by atoms with Gasteiger partial charge in [0.05, 0.1) is 30.8 Å². The summed E-state index contributed by atoms with van der Waals surface area (Å²) in [6, 6.07) is 0. The van der Waals surface area contributed by atoms with Crippen LogP contribution in [0.4, 0.5) is 0 Å². The molecule has 0 radical (unpaired) electrons. The SMILES string of the molecule is CC(=O)c1cn(PI)nc1COCCN. The summed E-state index contributed by atoms with van der Waals surface area (Å²) in [6.45, 7) is 2.84. The minimum Gasteiger partial charge on any atom is -0.374 e. The number of rotatable bonds is 6. The van der Waals surface area contributed by atoms with Crippen molar-refractivity contribution in [3.05, 3.63) is 17.5 Å². The Morgan fingerprint density at radius 1 is 1.80 bits per heavy atom. The molecule has 84 valence electrons. The van der Waals surface area contributed by atoms with Gasteiger partial charge in [0, 0.05) is 12.7 Å². The van der Waals surface area contributed by atoms with E-state index < -0.39 is 0 Å². The molecule has 0 aliphatic carbocycles. The highest BCUT2D eigenvalue weighted by Crippen LogP contribution is 2.24. The van der Waals surface area contributed by atoms with Crippen molar-refractivity contribution in [3.8, 4) is 0 Å². The van der Waals surface area contributed by atoms with Crippen LogP contribution in [0.2, 0.25) is 0 Å². The van der Waals surface area contributed by atoms with Gasteiger partial charge in [-0.3, -0.25) is 4.79 Å². The van der Waals surface area contributed by atoms with Crippen LogP contribution in [0, 0.1) is 0 Å². The Hall–Kier alpha value is -0.0400. The van der Waals surface area contributed by atoms with E-state index in [0.29, 0.717) is 37.4 Å². The van der Waals surface area contributed by atoms with Gasteiger partial charge in [-0.2, -0.15) is 5.10 Å². The van der Waals surface area contributed by atoms with E-state index in [1.54, 1.807) is 10.6 Å². The monoisotopic (exact) mass is 341 g/mol. The molecule has 15 heavy (non-hydrogen) atoms. The second-order valence-electron chi connectivity index (χ2n) is 2.92. The van der Waals surface area contributed by atoms with Gasteiger partial charge in [0.25, 0.3) is 0 Å². The predicted molar refractivity (Wildman–Crippen MR) is 68.7 cm³/mol. The molecule has 1 atom stereocenters. The summed E-state index contributed by atoms with van der Waals surface area (Å²) in [5, 5.41) is 4.26. The topological polar surface area (TPSA) is 70.1 Å². The Morgan fingerprint density at radius 2 is 2.53 bits per heavy atom. The Balaban J connectivity index is 2.75. The fraction of sp³-hybridized carbons (Fsp3) is 0.500. The third-order valence-electron chi connectivity index (χ3n) is 1.76. The van der Waals surface area contributed by atoms with Crippen molar-refractivity contribution >= 4 is 34.2 Å². The number of carbonyl (C=O) groups excluding carboxylic acids is 1. The number of halogens is 1. The van der Waals surface area contributed by atoms with Gasteiger partial charge in [-0.15, -0.1) is 0 Å². The first-order chi connectivity index (χ1) is 7.19. The van der Waals surface area contributed by atoms with Crippen LogP contribution in [0.1, 0.15) is 23.0 Å². The Bertz CT molecular complexity index is 343. The highest BCUT2D eigenvalue weighted by molar-refractivity contribution is 14.2. The third-order valence-corrected chi connectivity index (χ3v) is 3.64. The number of nitrogens with two attached hydrogens (primary N) is 1. The highest BCUT2D eigenvalue weighted by Gasteiger charge is 2.12. The van der Waals surface area contributed by atoms with Crippen molar-refractivity contribution in [1.82, 2.24) is 9.55 Å². The number of hydrogen-bond donors (Lipinski definition) is 1. The number of ether oxygens (including phenoxy) is 1. The number of ketones is 1. The summed E-state index contributed by atoms with van der Waals surface area (Å²) in [5.74, 6) is 0.0160. The van der Waals surface area contributed by atoms with Crippen LogP contribution in [-0.4, -0.2) is 28.5 Å². The largest absolute Gasteiger partial charge is 0.374 e. The minimum absolute atomic E-state index is 0.0160. The standard InChI is InChI=1S/C8H13IN3O2P/c1-6(13)7-4-12(15-9)11-8(7)5-14-3-2-10/h4,15H,2-3,5,10H2,1H3. The van der Waals surface area contributed by atoms with Gasteiger partial charge in [0.15, 0.2) is 5.78 Å². The molecule has 0 aliphatic rings. The van der Waals surface area contributed by atoms with Crippen molar-refractivity contribution in [1.29, 1.82) is 0 Å². The second-order valence-corrected chi connectivity index (χ2v) is 4.99. The van der Waals surface area contributed by atoms with Crippen molar-refractivity contribution in [3.63, 3.8) is 0 Å². The van der Waals surface area contributed by atoms with Crippen molar-refractivity contribution in [2.24, 2.45) is 5.73 Å². The highest BCUT2D eigenvalue weighted by atomic mass is 127. The lowest BCUT2D eigenvalue weighted by Crippen LogP contribution is -2.09. The van der Waals surface area contributed by atoms with E-state index in [-0.39, 0.29) is 5.78 Å². The molecule has 1 aromatic rings. The quantitative estimate of drug-likeness (QED) is 0.367. The average molecular weight is 341 g/mol. The van der Waals surface area contributed by atoms with Gasteiger partial charge >= 0.3 is 0 Å². The van der Waals surface area contributed by atoms with Crippen LogP contribution in [-0.2, 0) is 11.3 Å². The molecule has 0 bridgehead atoms. The Kier molecular flexibility index (Phi) is 5.66. The summed E-state index contributed by atoms with van der Waals surface area (Å²) in [5.41, 5.74) is 6.63.